The second kappa shape index (κ2) is 6.00. The van der Waals surface area contributed by atoms with Crippen molar-refractivity contribution < 1.29 is 9.59 Å². The summed E-state index contributed by atoms with van der Waals surface area (Å²) in [6.07, 6.45) is 4.40. The third-order valence-corrected chi connectivity index (χ3v) is 3.86. The third kappa shape index (κ3) is 2.70. The molecule has 1 atom stereocenters. The number of nitrogens with zero attached hydrogens (tertiary/aromatic N) is 1. The molecule has 0 aromatic heterocycles. The molecule has 102 valence electrons. The SMILES string of the molecule is CCCCC(CC)CN1C(=O)c2ccccc2C1=O. The Labute approximate surface area is 114 Å². The fourth-order valence-corrected chi connectivity index (χ4v) is 2.58. The number of carbonyl (C=O) groups excluding carboxylic acids is 2. The van der Waals surface area contributed by atoms with Crippen molar-refractivity contribution in [1.29, 1.82) is 0 Å². The number of rotatable bonds is 6. The summed E-state index contributed by atoms with van der Waals surface area (Å²) in [5.41, 5.74) is 1.11. The maximum atomic E-state index is 12.2. The molecule has 0 saturated carbocycles. The van der Waals surface area contributed by atoms with E-state index >= 15 is 0 Å². The second-order valence-electron chi connectivity index (χ2n) is 5.18. The zero-order valence-electron chi connectivity index (χ0n) is 11.7. The molecule has 2 rings (SSSR count). The van der Waals surface area contributed by atoms with Gasteiger partial charge in [0.2, 0.25) is 0 Å². The first-order valence-electron chi connectivity index (χ1n) is 7.14. The average molecular weight is 259 g/mol. The van der Waals surface area contributed by atoms with E-state index in [2.05, 4.69) is 13.8 Å². The topological polar surface area (TPSA) is 37.4 Å². The van der Waals surface area contributed by atoms with Crippen molar-refractivity contribution in [2.24, 2.45) is 5.92 Å². The number of carbonyl (C=O) groups is 2. The molecule has 0 saturated heterocycles. The van der Waals surface area contributed by atoms with Crippen LogP contribution in [0, 0.1) is 5.92 Å². The molecule has 1 heterocycles. The summed E-state index contributed by atoms with van der Waals surface area (Å²) in [4.78, 5) is 25.9. The average Bonchev–Trinajstić information content (AvgIpc) is 2.68. The van der Waals surface area contributed by atoms with Gasteiger partial charge in [-0.25, -0.2) is 0 Å². The Balaban J connectivity index is 2.11. The van der Waals surface area contributed by atoms with E-state index in [4.69, 9.17) is 0 Å². The highest BCUT2D eigenvalue weighted by molar-refractivity contribution is 6.21. The Morgan fingerprint density at radius 3 is 2.11 bits per heavy atom. The summed E-state index contributed by atoms with van der Waals surface area (Å²) in [6.45, 7) is 4.84. The van der Waals surface area contributed by atoms with Crippen LogP contribution in [0.2, 0.25) is 0 Å². The van der Waals surface area contributed by atoms with Crippen LogP contribution in [0.15, 0.2) is 24.3 Å². The zero-order chi connectivity index (χ0) is 13.8. The van der Waals surface area contributed by atoms with Crippen LogP contribution in [0.1, 0.15) is 60.2 Å². The van der Waals surface area contributed by atoms with Crippen molar-refractivity contribution in [1.82, 2.24) is 4.90 Å². The number of benzene rings is 1. The minimum Gasteiger partial charge on any atom is -0.274 e. The molecule has 1 aliphatic heterocycles. The van der Waals surface area contributed by atoms with Crippen molar-refractivity contribution in [3.8, 4) is 0 Å². The molecular weight excluding hydrogens is 238 g/mol. The Morgan fingerprint density at radius 1 is 1.05 bits per heavy atom. The number of unbranched alkanes of at least 4 members (excludes halogenated alkanes) is 1. The molecule has 3 nitrogen and oxygen atoms in total. The molecule has 1 aromatic carbocycles. The van der Waals surface area contributed by atoms with Crippen molar-refractivity contribution >= 4 is 11.8 Å². The van der Waals surface area contributed by atoms with E-state index in [1.54, 1.807) is 12.1 Å². The Bertz CT molecular complexity index is 446. The fraction of sp³-hybridized carbons (Fsp3) is 0.500. The maximum absolute atomic E-state index is 12.2. The molecule has 2 amide bonds. The first-order chi connectivity index (χ1) is 9.19. The molecule has 0 aliphatic carbocycles. The lowest BCUT2D eigenvalue weighted by molar-refractivity contribution is 0.0624. The number of imide groups is 1. The molecular formula is C16H21NO2. The molecule has 0 N–H and O–H groups in total. The van der Waals surface area contributed by atoms with Crippen LogP contribution in [0.3, 0.4) is 0 Å². The van der Waals surface area contributed by atoms with Gasteiger partial charge in [0.25, 0.3) is 11.8 Å². The van der Waals surface area contributed by atoms with E-state index in [-0.39, 0.29) is 11.8 Å². The predicted molar refractivity (Wildman–Crippen MR) is 75.1 cm³/mol. The number of amides is 2. The van der Waals surface area contributed by atoms with Crippen molar-refractivity contribution in [3.63, 3.8) is 0 Å². The Hall–Kier alpha value is -1.64. The quantitative estimate of drug-likeness (QED) is 0.733. The minimum absolute atomic E-state index is 0.129. The van der Waals surface area contributed by atoms with E-state index in [0.717, 1.165) is 25.7 Å². The highest BCUT2D eigenvalue weighted by Gasteiger charge is 2.35. The lowest BCUT2D eigenvalue weighted by Gasteiger charge is -2.21. The molecule has 1 unspecified atom stereocenters. The highest BCUT2D eigenvalue weighted by atomic mass is 16.2. The smallest absolute Gasteiger partial charge is 0.261 e. The van der Waals surface area contributed by atoms with Gasteiger partial charge in [0, 0.05) is 6.54 Å². The van der Waals surface area contributed by atoms with Crippen LogP contribution < -0.4 is 0 Å². The first-order valence-corrected chi connectivity index (χ1v) is 7.14. The standard InChI is InChI=1S/C16H21NO2/c1-3-5-8-12(4-2)11-17-15(18)13-9-6-7-10-14(13)16(17)19/h6-7,9-10,12H,3-5,8,11H2,1-2H3. The van der Waals surface area contributed by atoms with Gasteiger partial charge in [-0.05, 0) is 24.5 Å². The van der Waals surface area contributed by atoms with Crippen molar-refractivity contribution in [2.45, 2.75) is 39.5 Å². The fourth-order valence-electron chi connectivity index (χ4n) is 2.58. The van der Waals surface area contributed by atoms with E-state index < -0.39 is 0 Å². The van der Waals surface area contributed by atoms with Gasteiger partial charge in [-0.3, -0.25) is 14.5 Å². The monoisotopic (exact) mass is 259 g/mol. The van der Waals surface area contributed by atoms with Crippen LogP contribution in [-0.2, 0) is 0 Å². The predicted octanol–water partition coefficient (Wildman–Crippen LogP) is 3.50. The lowest BCUT2D eigenvalue weighted by atomic mass is 9.99. The van der Waals surface area contributed by atoms with Gasteiger partial charge in [0.1, 0.15) is 0 Å². The minimum atomic E-state index is -0.129. The van der Waals surface area contributed by atoms with Crippen molar-refractivity contribution in [2.75, 3.05) is 6.54 Å². The number of fused-ring (bicyclic) bond motifs is 1. The van der Waals surface area contributed by atoms with E-state index in [0.29, 0.717) is 23.6 Å². The van der Waals surface area contributed by atoms with Crippen LogP contribution in [-0.4, -0.2) is 23.3 Å². The molecule has 0 bridgehead atoms. The lowest BCUT2D eigenvalue weighted by Crippen LogP contribution is -2.34. The van der Waals surface area contributed by atoms with Gasteiger partial charge < -0.3 is 0 Å². The van der Waals surface area contributed by atoms with E-state index in [9.17, 15) is 9.59 Å². The summed E-state index contributed by atoms with van der Waals surface area (Å²) in [5, 5.41) is 0. The highest BCUT2D eigenvalue weighted by Crippen LogP contribution is 2.25. The summed E-state index contributed by atoms with van der Waals surface area (Å²) in [6, 6.07) is 7.09. The third-order valence-electron chi connectivity index (χ3n) is 3.86. The normalized spacial score (nSPS) is 15.8. The molecule has 1 aromatic rings. The zero-order valence-corrected chi connectivity index (χ0v) is 11.7. The number of hydrogen-bond acceptors (Lipinski definition) is 2. The van der Waals surface area contributed by atoms with Crippen LogP contribution in [0.4, 0.5) is 0 Å². The summed E-state index contributed by atoms with van der Waals surface area (Å²) < 4.78 is 0. The van der Waals surface area contributed by atoms with E-state index in [1.165, 1.54) is 4.90 Å². The van der Waals surface area contributed by atoms with Gasteiger partial charge in [0.05, 0.1) is 11.1 Å². The molecule has 1 aliphatic rings. The summed E-state index contributed by atoms with van der Waals surface area (Å²) >= 11 is 0. The van der Waals surface area contributed by atoms with Gasteiger partial charge >= 0.3 is 0 Å². The van der Waals surface area contributed by atoms with Crippen LogP contribution in [0.25, 0.3) is 0 Å². The molecule has 0 fully saturated rings. The second-order valence-corrected chi connectivity index (χ2v) is 5.18. The molecule has 19 heavy (non-hydrogen) atoms. The number of hydrogen-bond donors (Lipinski definition) is 0. The van der Waals surface area contributed by atoms with Crippen molar-refractivity contribution in [3.05, 3.63) is 35.4 Å². The maximum Gasteiger partial charge on any atom is 0.261 e. The van der Waals surface area contributed by atoms with Gasteiger partial charge in [-0.2, -0.15) is 0 Å². The largest absolute Gasteiger partial charge is 0.274 e. The first kappa shape index (κ1) is 13.8. The van der Waals surface area contributed by atoms with E-state index in [1.807, 2.05) is 12.1 Å². The molecule has 0 radical (unpaired) electrons. The van der Waals surface area contributed by atoms with Gasteiger partial charge in [-0.1, -0.05) is 45.2 Å². The Morgan fingerprint density at radius 2 is 1.63 bits per heavy atom. The molecule has 0 spiro atoms. The summed E-state index contributed by atoms with van der Waals surface area (Å²) in [7, 11) is 0. The van der Waals surface area contributed by atoms with Gasteiger partial charge in [-0.15, -0.1) is 0 Å². The van der Waals surface area contributed by atoms with Crippen LogP contribution in [0.5, 0.6) is 0 Å². The van der Waals surface area contributed by atoms with Gasteiger partial charge in [0.15, 0.2) is 0 Å². The van der Waals surface area contributed by atoms with Crippen LogP contribution >= 0.6 is 0 Å². The summed E-state index contributed by atoms with van der Waals surface area (Å²) in [5.74, 6) is 0.160. The molecule has 3 heteroatoms. The Kier molecular flexibility index (Phi) is 4.35.